The van der Waals surface area contributed by atoms with Gasteiger partial charge in [-0.3, -0.25) is 14.9 Å². The Morgan fingerprint density at radius 1 is 1.43 bits per heavy atom. The minimum Gasteiger partial charge on any atom is -0.309 e. The molecule has 0 radical (unpaired) electrons. The molecule has 0 saturated carbocycles. The van der Waals surface area contributed by atoms with Crippen LogP contribution in [0.2, 0.25) is 5.02 Å². The Balaban J connectivity index is 1.99. The van der Waals surface area contributed by atoms with Gasteiger partial charge in [0.2, 0.25) is 0 Å². The molecule has 1 amide bonds. The number of nitrogens with one attached hydrogen (secondary N) is 2. The Kier molecular flexibility index (Phi) is 4.10. The van der Waals surface area contributed by atoms with Gasteiger partial charge in [-0.2, -0.15) is 5.26 Å². The van der Waals surface area contributed by atoms with E-state index in [0.29, 0.717) is 27.5 Å². The van der Waals surface area contributed by atoms with Crippen LogP contribution in [0.25, 0.3) is 10.2 Å². The molecular weight excluding hydrogens is 336 g/mol. The smallest absolute Gasteiger partial charge is 0.274 e. The van der Waals surface area contributed by atoms with Gasteiger partial charge in [-0.1, -0.05) is 23.7 Å². The van der Waals surface area contributed by atoms with E-state index in [4.69, 9.17) is 16.9 Å². The van der Waals surface area contributed by atoms with Crippen molar-refractivity contribution in [3.8, 4) is 6.19 Å². The summed E-state index contributed by atoms with van der Waals surface area (Å²) in [6.45, 7) is 0. The highest BCUT2D eigenvalue weighted by Gasteiger charge is 2.14. The molecular formula is C15H9ClN4O2S. The van der Waals surface area contributed by atoms with Gasteiger partial charge in [0, 0.05) is 11.4 Å². The van der Waals surface area contributed by atoms with Gasteiger partial charge in [-0.25, -0.2) is 4.98 Å². The number of fused-ring (bicyclic) bond motifs is 1. The van der Waals surface area contributed by atoms with E-state index in [1.807, 2.05) is 17.4 Å². The zero-order chi connectivity index (χ0) is 16.4. The lowest BCUT2D eigenvalue weighted by molar-refractivity contribution is 0.0977. The molecule has 2 aromatic heterocycles. The Hall–Kier alpha value is -2.69. The normalized spacial score (nSPS) is 10.4. The molecule has 0 fully saturated rings. The molecule has 23 heavy (non-hydrogen) atoms. The van der Waals surface area contributed by atoms with Crippen LogP contribution in [0.1, 0.15) is 21.1 Å². The SMILES string of the molecule is N#CNC(=O)c1cc2nc(Cc3cccc(Cl)c3)[nH]c(=O)c2s1. The highest BCUT2D eigenvalue weighted by Crippen LogP contribution is 2.21. The van der Waals surface area contributed by atoms with Gasteiger partial charge in [0.1, 0.15) is 10.5 Å². The summed E-state index contributed by atoms with van der Waals surface area (Å²) >= 11 is 6.94. The Morgan fingerprint density at radius 3 is 3.00 bits per heavy atom. The number of nitrogens with zero attached hydrogens (tertiary/aromatic N) is 2. The number of halogens is 1. The Bertz CT molecular complexity index is 1000. The quantitative estimate of drug-likeness (QED) is 0.563. The fourth-order valence-corrected chi connectivity index (χ4v) is 3.24. The number of carbonyl (C=O) groups excluding carboxylic acids is 1. The maximum absolute atomic E-state index is 12.1. The van der Waals surface area contributed by atoms with Crippen molar-refractivity contribution in [1.29, 1.82) is 5.26 Å². The van der Waals surface area contributed by atoms with Crippen molar-refractivity contribution >= 4 is 39.1 Å². The van der Waals surface area contributed by atoms with Crippen LogP contribution in [0.5, 0.6) is 0 Å². The first-order chi connectivity index (χ1) is 11.1. The number of benzene rings is 1. The average molecular weight is 345 g/mol. The standard InChI is InChI=1S/C15H9ClN4O2S/c16-9-3-1-2-8(4-9)5-12-19-10-6-11(14(21)18-7-17)23-13(10)15(22)20-12/h1-4,6H,5H2,(H,18,21)(H,19,20,22). The predicted octanol–water partition coefficient (Wildman–Crippen LogP) is 2.44. The number of aromatic nitrogens is 2. The second-order valence-corrected chi connectivity index (χ2v) is 6.20. The summed E-state index contributed by atoms with van der Waals surface area (Å²) < 4.78 is 0.350. The molecule has 0 bridgehead atoms. The number of nitriles is 1. The predicted molar refractivity (Wildman–Crippen MR) is 87.6 cm³/mol. The Labute approximate surface area is 139 Å². The summed E-state index contributed by atoms with van der Waals surface area (Å²) in [5, 5.41) is 11.1. The van der Waals surface area contributed by atoms with Crippen LogP contribution in [0.15, 0.2) is 35.1 Å². The van der Waals surface area contributed by atoms with Crippen LogP contribution in [0.4, 0.5) is 0 Å². The molecule has 1 aromatic carbocycles. The van der Waals surface area contributed by atoms with Crippen molar-refractivity contribution in [3.63, 3.8) is 0 Å². The molecule has 6 nitrogen and oxygen atoms in total. The third-order valence-electron chi connectivity index (χ3n) is 3.09. The molecule has 8 heteroatoms. The van der Waals surface area contributed by atoms with Crippen molar-refractivity contribution in [2.45, 2.75) is 6.42 Å². The van der Waals surface area contributed by atoms with E-state index in [2.05, 4.69) is 9.97 Å². The van der Waals surface area contributed by atoms with E-state index >= 15 is 0 Å². The van der Waals surface area contributed by atoms with Crippen LogP contribution in [-0.2, 0) is 6.42 Å². The van der Waals surface area contributed by atoms with Gasteiger partial charge in [-0.15, -0.1) is 11.3 Å². The lowest BCUT2D eigenvalue weighted by Crippen LogP contribution is -2.15. The summed E-state index contributed by atoms with van der Waals surface area (Å²) in [7, 11) is 0. The first-order valence-electron chi connectivity index (χ1n) is 6.53. The summed E-state index contributed by atoms with van der Waals surface area (Å²) in [4.78, 5) is 31.1. The van der Waals surface area contributed by atoms with Crippen LogP contribution in [0, 0.1) is 11.5 Å². The minimum absolute atomic E-state index is 0.263. The molecule has 0 aliphatic heterocycles. The lowest BCUT2D eigenvalue weighted by atomic mass is 10.1. The van der Waals surface area contributed by atoms with Gasteiger partial charge < -0.3 is 4.98 Å². The molecule has 3 rings (SSSR count). The largest absolute Gasteiger partial charge is 0.309 e. The third kappa shape index (κ3) is 3.23. The number of hydrogen-bond donors (Lipinski definition) is 2. The zero-order valence-electron chi connectivity index (χ0n) is 11.6. The molecule has 0 saturated heterocycles. The van der Waals surface area contributed by atoms with Crippen molar-refractivity contribution in [3.05, 3.63) is 62.0 Å². The summed E-state index contributed by atoms with van der Waals surface area (Å²) in [5.74, 6) is -0.0684. The molecule has 0 aliphatic rings. The second kappa shape index (κ2) is 6.20. The first kappa shape index (κ1) is 15.2. The third-order valence-corrected chi connectivity index (χ3v) is 4.44. The van der Waals surface area contributed by atoms with E-state index < -0.39 is 5.91 Å². The number of rotatable bonds is 3. The maximum Gasteiger partial charge on any atom is 0.274 e. The minimum atomic E-state index is -0.550. The molecule has 3 aromatic rings. The number of aromatic amines is 1. The molecule has 0 unspecified atom stereocenters. The van der Waals surface area contributed by atoms with Gasteiger partial charge in [0.05, 0.1) is 10.4 Å². The topological polar surface area (TPSA) is 98.6 Å². The van der Waals surface area contributed by atoms with Crippen LogP contribution < -0.4 is 10.9 Å². The van der Waals surface area contributed by atoms with E-state index in [9.17, 15) is 9.59 Å². The van der Waals surface area contributed by atoms with Gasteiger partial charge in [0.25, 0.3) is 11.5 Å². The Morgan fingerprint density at radius 2 is 2.26 bits per heavy atom. The first-order valence-corrected chi connectivity index (χ1v) is 7.73. The van der Waals surface area contributed by atoms with Gasteiger partial charge in [0.15, 0.2) is 6.19 Å². The molecule has 114 valence electrons. The number of H-pyrrole nitrogens is 1. The fourth-order valence-electron chi connectivity index (χ4n) is 2.14. The highest BCUT2D eigenvalue weighted by atomic mass is 35.5. The molecule has 0 atom stereocenters. The lowest BCUT2D eigenvalue weighted by Gasteiger charge is -2.02. The number of thiophene rings is 1. The van der Waals surface area contributed by atoms with E-state index in [1.165, 1.54) is 6.07 Å². The van der Waals surface area contributed by atoms with E-state index in [1.54, 1.807) is 18.3 Å². The van der Waals surface area contributed by atoms with Crippen molar-refractivity contribution < 1.29 is 4.79 Å². The second-order valence-electron chi connectivity index (χ2n) is 4.71. The fraction of sp³-hybridized carbons (Fsp3) is 0.0667. The van der Waals surface area contributed by atoms with Crippen LogP contribution in [0.3, 0.4) is 0 Å². The van der Waals surface area contributed by atoms with E-state index in [0.717, 1.165) is 16.9 Å². The van der Waals surface area contributed by atoms with Crippen molar-refractivity contribution in [1.82, 2.24) is 15.3 Å². The summed E-state index contributed by atoms with van der Waals surface area (Å²) in [5.41, 5.74) is 1.03. The van der Waals surface area contributed by atoms with Crippen molar-refractivity contribution in [2.24, 2.45) is 0 Å². The van der Waals surface area contributed by atoms with Crippen molar-refractivity contribution in [2.75, 3.05) is 0 Å². The molecule has 2 N–H and O–H groups in total. The van der Waals surface area contributed by atoms with Crippen LogP contribution in [-0.4, -0.2) is 15.9 Å². The molecule has 2 heterocycles. The zero-order valence-corrected chi connectivity index (χ0v) is 13.2. The molecule has 0 spiro atoms. The number of amides is 1. The summed E-state index contributed by atoms with van der Waals surface area (Å²) in [6.07, 6.45) is 1.98. The number of carbonyl (C=O) groups is 1. The van der Waals surface area contributed by atoms with Crippen LogP contribution >= 0.6 is 22.9 Å². The van der Waals surface area contributed by atoms with E-state index in [-0.39, 0.29) is 10.4 Å². The summed E-state index contributed by atoms with van der Waals surface area (Å²) in [6, 6.07) is 8.77. The maximum atomic E-state index is 12.1. The number of hydrogen-bond acceptors (Lipinski definition) is 5. The average Bonchev–Trinajstić information content (AvgIpc) is 2.92. The van der Waals surface area contributed by atoms with Gasteiger partial charge in [-0.05, 0) is 23.8 Å². The highest BCUT2D eigenvalue weighted by molar-refractivity contribution is 7.20. The monoisotopic (exact) mass is 344 g/mol. The van der Waals surface area contributed by atoms with Gasteiger partial charge >= 0.3 is 0 Å². The molecule has 0 aliphatic carbocycles.